The van der Waals surface area contributed by atoms with E-state index in [0.29, 0.717) is 15.7 Å². The fourth-order valence-corrected chi connectivity index (χ4v) is 2.24. The Balaban J connectivity index is 2.69. The predicted molar refractivity (Wildman–Crippen MR) is 82.1 cm³/mol. The van der Waals surface area contributed by atoms with E-state index in [1.165, 1.54) is 0 Å². The van der Waals surface area contributed by atoms with Crippen LogP contribution in [0.15, 0.2) is 18.2 Å². The van der Waals surface area contributed by atoms with Gasteiger partial charge in [-0.25, -0.2) is 0 Å². The third kappa shape index (κ3) is 4.59. The number of hydrogen-bond acceptors (Lipinski definition) is 2. The Labute approximate surface area is 124 Å². The summed E-state index contributed by atoms with van der Waals surface area (Å²) in [5.74, 6) is -0.0512. The molecule has 3 nitrogen and oxygen atoms in total. The maximum Gasteiger partial charge on any atom is 0.242 e. The van der Waals surface area contributed by atoms with Crippen molar-refractivity contribution in [2.75, 3.05) is 5.32 Å². The Morgan fingerprint density at radius 1 is 1.21 bits per heavy atom. The largest absolute Gasteiger partial charge is 0.371 e. The highest BCUT2D eigenvalue weighted by atomic mass is 35.5. The Morgan fingerprint density at radius 3 is 2.21 bits per heavy atom. The molecule has 0 bridgehead atoms. The molecule has 0 aliphatic heterocycles. The van der Waals surface area contributed by atoms with Crippen LogP contribution in [-0.4, -0.2) is 18.0 Å². The second-order valence-corrected chi connectivity index (χ2v) is 5.30. The molecule has 0 radical (unpaired) electrons. The van der Waals surface area contributed by atoms with Gasteiger partial charge in [0.1, 0.15) is 6.04 Å². The van der Waals surface area contributed by atoms with E-state index in [9.17, 15) is 4.79 Å². The number of amides is 1. The first-order valence-electron chi connectivity index (χ1n) is 6.50. The molecule has 0 aromatic heterocycles. The lowest BCUT2D eigenvalue weighted by molar-refractivity contribution is -0.122. The first-order chi connectivity index (χ1) is 8.99. The SMILES string of the molecule is CCC(CC)NC(=O)C(C)Nc1c(Cl)cccc1Cl. The lowest BCUT2D eigenvalue weighted by Gasteiger charge is -2.21. The predicted octanol–water partition coefficient (Wildman–Crippen LogP) is 4.10. The standard InChI is InChI=1S/C14H20Cl2N2O/c1-4-10(5-2)18-14(19)9(3)17-13-11(15)7-6-8-12(13)16/h6-10,17H,4-5H2,1-3H3,(H,18,19). The topological polar surface area (TPSA) is 41.1 Å². The van der Waals surface area contributed by atoms with Gasteiger partial charge < -0.3 is 10.6 Å². The average Bonchev–Trinajstić information content (AvgIpc) is 2.39. The van der Waals surface area contributed by atoms with Gasteiger partial charge in [0.2, 0.25) is 5.91 Å². The molecule has 106 valence electrons. The average molecular weight is 303 g/mol. The Hall–Kier alpha value is -0.930. The molecule has 1 unspecified atom stereocenters. The minimum atomic E-state index is -0.391. The quantitative estimate of drug-likeness (QED) is 0.830. The number of rotatable bonds is 6. The zero-order valence-electron chi connectivity index (χ0n) is 11.5. The number of para-hydroxylation sites is 1. The van der Waals surface area contributed by atoms with Crippen molar-refractivity contribution in [1.29, 1.82) is 0 Å². The molecule has 0 aliphatic carbocycles. The lowest BCUT2D eigenvalue weighted by Crippen LogP contribution is -2.42. The molecule has 1 atom stereocenters. The molecule has 19 heavy (non-hydrogen) atoms. The number of anilines is 1. The highest BCUT2D eigenvalue weighted by Crippen LogP contribution is 2.30. The van der Waals surface area contributed by atoms with Crippen molar-refractivity contribution >= 4 is 34.8 Å². The van der Waals surface area contributed by atoms with Gasteiger partial charge in [0, 0.05) is 6.04 Å². The van der Waals surface area contributed by atoms with E-state index in [1.807, 2.05) is 0 Å². The number of benzene rings is 1. The first-order valence-corrected chi connectivity index (χ1v) is 7.26. The van der Waals surface area contributed by atoms with E-state index < -0.39 is 6.04 Å². The van der Waals surface area contributed by atoms with E-state index in [1.54, 1.807) is 25.1 Å². The summed E-state index contributed by atoms with van der Waals surface area (Å²) in [6.45, 7) is 5.90. The second kappa shape index (κ2) is 7.61. The highest BCUT2D eigenvalue weighted by molar-refractivity contribution is 6.39. The molecule has 0 fully saturated rings. The maximum atomic E-state index is 12.0. The summed E-state index contributed by atoms with van der Waals surface area (Å²) in [4.78, 5) is 12.0. The first kappa shape index (κ1) is 16.1. The van der Waals surface area contributed by atoms with Gasteiger partial charge in [-0.3, -0.25) is 4.79 Å². The van der Waals surface area contributed by atoms with Crippen molar-refractivity contribution in [2.45, 2.75) is 45.7 Å². The van der Waals surface area contributed by atoms with Gasteiger partial charge in [0.25, 0.3) is 0 Å². The van der Waals surface area contributed by atoms with Crippen LogP contribution < -0.4 is 10.6 Å². The second-order valence-electron chi connectivity index (χ2n) is 4.48. The Morgan fingerprint density at radius 2 is 1.74 bits per heavy atom. The van der Waals surface area contributed by atoms with Gasteiger partial charge in [-0.1, -0.05) is 43.1 Å². The Bertz CT molecular complexity index is 413. The van der Waals surface area contributed by atoms with Gasteiger partial charge in [0.15, 0.2) is 0 Å². The van der Waals surface area contributed by atoms with E-state index in [-0.39, 0.29) is 11.9 Å². The summed E-state index contributed by atoms with van der Waals surface area (Å²) in [6, 6.07) is 5.06. The van der Waals surface area contributed by atoms with Crippen LogP contribution in [0.4, 0.5) is 5.69 Å². The van der Waals surface area contributed by atoms with Crippen molar-refractivity contribution < 1.29 is 4.79 Å². The molecule has 5 heteroatoms. The van der Waals surface area contributed by atoms with Crippen molar-refractivity contribution in [3.05, 3.63) is 28.2 Å². The molecule has 1 aromatic carbocycles. The molecular formula is C14H20Cl2N2O. The van der Waals surface area contributed by atoms with Gasteiger partial charge in [0.05, 0.1) is 15.7 Å². The summed E-state index contributed by atoms with van der Waals surface area (Å²) >= 11 is 12.1. The molecule has 1 aromatic rings. The monoisotopic (exact) mass is 302 g/mol. The van der Waals surface area contributed by atoms with Gasteiger partial charge in [-0.15, -0.1) is 0 Å². The highest BCUT2D eigenvalue weighted by Gasteiger charge is 2.17. The summed E-state index contributed by atoms with van der Waals surface area (Å²) in [5, 5.41) is 7.06. The summed E-state index contributed by atoms with van der Waals surface area (Å²) in [6.07, 6.45) is 1.84. The number of carbonyl (C=O) groups excluding carboxylic acids is 1. The molecule has 2 N–H and O–H groups in total. The van der Waals surface area contributed by atoms with E-state index >= 15 is 0 Å². The molecule has 0 saturated carbocycles. The normalized spacial score (nSPS) is 12.3. The number of nitrogens with one attached hydrogen (secondary N) is 2. The third-order valence-corrected chi connectivity index (χ3v) is 3.68. The summed E-state index contributed by atoms with van der Waals surface area (Å²) in [7, 11) is 0. The molecule has 0 spiro atoms. The van der Waals surface area contributed by atoms with Crippen LogP contribution in [0.3, 0.4) is 0 Å². The fourth-order valence-electron chi connectivity index (χ4n) is 1.74. The van der Waals surface area contributed by atoms with Crippen LogP contribution in [0.25, 0.3) is 0 Å². The van der Waals surface area contributed by atoms with E-state index in [0.717, 1.165) is 12.8 Å². The molecule has 1 amide bonds. The lowest BCUT2D eigenvalue weighted by atomic mass is 10.1. The van der Waals surface area contributed by atoms with Crippen LogP contribution >= 0.6 is 23.2 Å². The van der Waals surface area contributed by atoms with Crippen LogP contribution in [0.2, 0.25) is 10.0 Å². The fraction of sp³-hybridized carbons (Fsp3) is 0.500. The summed E-state index contributed by atoms with van der Waals surface area (Å²) in [5.41, 5.74) is 0.595. The van der Waals surface area contributed by atoms with Crippen LogP contribution in [0.1, 0.15) is 33.6 Å². The van der Waals surface area contributed by atoms with Gasteiger partial charge >= 0.3 is 0 Å². The maximum absolute atomic E-state index is 12.0. The van der Waals surface area contributed by atoms with Crippen molar-refractivity contribution in [3.8, 4) is 0 Å². The zero-order valence-corrected chi connectivity index (χ0v) is 13.0. The molecule has 0 aliphatic rings. The van der Waals surface area contributed by atoms with Crippen LogP contribution in [-0.2, 0) is 4.79 Å². The smallest absolute Gasteiger partial charge is 0.242 e. The van der Waals surface area contributed by atoms with Gasteiger partial charge in [-0.2, -0.15) is 0 Å². The van der Waals surface area contributed by atoms with E-state index in [4.69, 9.17) is 23.2 Å². The van der Waals surface area contributed by atoms with Crippen LogP contribution in [0.5, 0.6) is 0 Å². The molecular weight excluding hydrogens is 283 g/mol. The minimum Gasteiger partial charge on any atom is -0.371 e. The van der Waals surface area contributed by atoms with Crippen molar-refractivity contribution in [1.82, 2.24) is 5.32 Å². The number of halogens is 2. The third-order valence-electron chi connectivity index (χ3n) is 3.05. The summed E-state index contributed by atoms with van der Waals surface area (Å²) < 4.78 is 0. The number of hydrogen-bond donors (Lipinski definition) is 2. The van der Waals surface area contributed by atoms with Gasteiger partial charge in [-0.05, 0) is 31.9 Å². The van der Waals surface area contributed by atoms with Crippen molar-refractivity contribution in [3.63, 3.8) is 0 Å². The van der Waals surface area contributed by atoms with E-state index in [2.05, 4.69) is 24.5 Å². The molecule has 0 saturated heterocycles. The molecule has 0 heterocycles. The van der Waals surface area contributed by atoms with Crippen LogP contribution in [0, 0.1) is 0 Å². The minimum absolute atomic E-state index is 0.0512. The zero-order chi connectivity index (χ0) is 14.4. The Kier molecular flexibility index (Phi) is 6.46. The number of carbonyl (C=O) groups is 1. The molecule has 1 rings (SSSR count). The van der Waals surface area contributed by atoms with Crippen molar-refractivity contribution in [2.24, 2.45) is 0 Å².